The maximum atomic E-state index is 14.2. The van der Waals surface area contributed by atoms with Crippen molar-refractivity contribution in [2.45, 2.75) is 26.4 Å². The molecule has 4 rings (SSSR count). The fraction of sp³-hybridized carbons (Fsp3) is 0.182. The molecule has 0 saturated carbocycles. The lowest BCUT2D eigenvalue weighted by Crippen LogP contribution is -2.34. The van der Waals surface area contributed by atoms with Crippen LogP contribution in [0.2, 0.25) is 0 Å². The first-order valence-corrected chi connectivity index (χ1v) is 10.7. The Bertz CT molecular complexity index is 1170. The highest BCUT2D eigenvalue weighted by Gasteiger charge is 2.36. The van der Waals surface area contributed by atoms with Crippen LogP contribution in [0, 0.1) is 5.82 Å². The first-order chi connectivity index (χ1) is 13.8. The largest absolute Gasteiger partial charge is 0.342 e. The number of amides is 2. The molecule has 4 nitrogen and oxygen atoms in total. The van der Waals surface area contributed by atoms with Crippen LogP contribution in [0.4, 0.5) is 9.18 Å². The van der Waals surface area contributed by atoms with Gasteiger partial charge in [0.2, 0.25) is 0 Å². The summed E-state index contributed by atoms with van der Waals surface area (Å²) in [5.41, 5.74) is 2.32. The van der Waals surface area contributed by atoms with Crippen LogP contribution in [0.1, 0.15) is 25.0 Å². The Kier molecular flexibility index (Phi) is 5.36. The molecule has 0 N–H and O–H groups in total. The summed E-state index contributed by atoms with van der Waals surface area (Å²) in [6, 6.07) is 12.3. The molecule has 1 aliphatic heterocycles. The number of hydrogen-bond donors (Lipinski definition) is 0. The predicted molar refractivity (Wildman–Crippen MR) is 118 cm³/mol. The zero-order valence-corrected chi connectivity index (χ0v) is 18.3. The van der Waals surface area contributed by atoms with Crippen LogP contribution in [-0.4, -0.2) is 26.7 Å². The van der Waals surface area contributed by atoms with Crippen molar-refractivity contribution in [2.24, 2.45) is 0 Å². The van der Waals surface area contributed by atoms with Gasteiger partial charge in [-0.25, -0.2) is 4.39 Å². The van der Waals surface area contributed by atoms with Gasteiger partial charge in [-0.1, -0.05) is 34.1 Å². The van der Waals surface area contributed by atoms with Crippen molar-refractivity contribution in [3.63, 3.8) is 0 Å². The number of fused-ring (bicyclic) bond motifs is 1. The minimum Gasteiger partial charge on any atom is -0.342 e. The molecule has 7 heteroatoms. The summed E-state index contributed by atoms with van der Waals surface area (Å²) in [5, 5.41) is 0.666. The molecule has 2 amide bonds. The lowest BCUT2D eigenvalue weighted by molar-refractivity contribution is -0.123. The van der Waals surface area contributed by atoms with Crippen molar-refractivity contribution in [1.29, 1.82) is 0 Å². The summed E-state index contributed by atoms with van der Waals surface area (Å²) in [4.78, 5) is 26.5. The molecule has 1 fully saturated rings. The Hall–Kier alpha value is -2.38. The highest BCUT2D eigenvalue weighted by atomic mass is 79.9. The van der Waals surface area contributed by atoms with Gasteiger partial charge >= 0.3 is 0 Å². The van der Waals surface area contributed by atoms with Gasteiger partial charge in [0.25, 0.3) is 11.1 Å². The minimum atomic E-state index is -0.278. The van der Waals surface area contributed by atoms with E-state index in [1.165, 1.54) is 11.0 Å². The molecule has 0 bridgehead atoms. The maximum Gasteiger partial charge on any atom is 0.293 e. The Balaban J connectivity index is 1.79. The second kappa shape index (κ2) is 7.80. The van der Waals surface area contributed by atoms with Gasteiger partial charge < -0.3 is 4.57 Å². The summed E-state index contributed by atoms with van der Waals surface area (Å²) < 4.78 is 17.0. The third-order valence-electron chi connectivity index (χ3n) is 4.80. The lowest BCUT2D eigenvalue weighted by Gasteiger charge is -2.16. The molecule has 1 saturated heterocycles. The predicted octanol–water partition coefficient (Wildman–Crippen LogP) is 6.04. The number of rotatable bonds is 4. The van der Waals surface area contributed by atoms with Crippen molar-refractivity contribution in [3.8, 4) is 0 Å². The summed E-state index contributed by atoms with van der Waals surface area (Å²) in [6.45, 7) is 4.00. The van der Waals surface area contributed by atoms with E-state index in [0.29, 0.717) is 17.0 Å². The van der Waals surface area contributed by atoms with Gasteiger partial charge in [0.1, 0.15) is 5.82 Å². The Labute approximate surface area is 180 Å². The zero-order valence-electron chi connectivity index (χ0n) is 15.9. The average Bonchev–Trinajstić information content (AvgIpc) is 3.14. The number of carbonyl (C=O) groups is 2. The van der Waals surface area contributed by atoms with Gasteiger partial charge in [0.15, 0.2) is 0 Å². The SMILES string of the molecule is CC(C)N1C(=O)S/C(=C\c2cn(Cc3ccccc3F)c3ccc(Br)cc23)C1=O. The summed E-state index contributed by atoms with van der Waals surface area (Å²) in [5.74, 6) is -0.536. The maximum absolute atomic E-state index is 14.2. The van der Waals surface area contributed by atoms with Gasteiger partial charge in [-0.05, 0) is 56.0 Å². The summed E-state index contributed by atoms with van der Waals surface area (Å²) >= 11 is 4.44. The van der Waals surface area contributed by atoms with Crippen molar-refractivity contribution in [1.82, 2.24) is 9.47 Å². The number of aromatic nitrogens is 1. The summed E-state index contributed by atoms with van der Waals surface area (Å²) in [7, 11) is 0. The number of halogens is 2. The van der Waals surface area contributed by atoms with E-state index < -0.39 is 0 Å². The number of carbonyl (C=O) groups excluding carboxylic acids is 2. The second-order valence-electron chi connectivity index (χ2n) is 7.11. The molecule has 2 aromatic carbocycles. The van der Waals surface area contributed by atoms with Gasteiger partial charge in [-0.3, -0.25) is 14.5 Å². The van der Waals surface area contributed by atoms with Crippen LogP contribution in [0.3, 0.4) is 0 Å². The summed E-state index contributed by atoms with van der Waals surface area (Å²) in [6.07, 6.45) is 3.65. The normalized spacial score (nSPS) is 16.0. The van der Waals surface area contributed by atoms with Crippen LogP contribution >= 0.6 is 27.7 Å². The van der Waals surface area contributed by atoms with E-state index in [1.54, 1.807) is 18.2 Å². The molecule has 0 radical (unpaired) electrons. The van der Waals surface area contributed by atoms with Crippen molar-refractivity contribution < 1.29 is 14.0 Å². The van der Waals surface area contributed by atoms with E-state index in [4.69, 9.17) is 0 Å². The first-order valence-electron chi connectivity index (χ1n) is 9.14. The van der Waals surface area contributed by atoms with Crippen LogP contribution in [-0.2, 0) is 11.3 Å². The standard InChI is InChI=1S/C22H18BrFN2O2S/c1-13(2)26-21(27)20(29-22(26)28)9-15-12-25(11-14-5-3-4-6-18(14)24)19-8-7-16(23)10-17(15)19/h3-10,12-13H,11H2,1-2H3/b20-9-. The second-order valence-corrected chi connectivity index (χ2v) is 9.02. The van der Waals surface area contributed by atoms with Gasteiger partial charge in [0, 0.05) is 38.7 Å². The fourth-order valence-electron chi connectivity index (χ4n) is 3.42. The van der Waals surface area contributed by atoms with Crippen molar-refractivity contribution in [2.75, 3.05) is 0 Å². The van der Waals surface area contributed by atoms with E-state index in [-0.39, 0.29) is 23.0 Å². The number of hydrogen-bond acceptors (Lipinski definition) is 3. The quantitative estimate of drug-likeness (QED) is 0.434. The van der Waals surface area contributed by atoms with Gasteiger partial charge in [0.05, 0.1) is 11.4 Å². The molecular formula is C22H18BrFN2O2S. The number of benzene rings is 2. The van der Waals surface area contributed by atoms with E-state index in [1.807, 2.05) is 48.9 Å². The van der Waals surface area contributed by atoms with Crippen molar-refractivity contribution >= 4 is 55.8 Å². The Morgan fingerprint density at radius 3 is 2.62 bits per heavy atom. The molecule has 29 heavy (non-hydrogen) atoms. The topological polar surface area (TPSA) is 42.3 Å². The van der Waals surface area contributed by atoms with Crippen LogP contribution in [0.5, 0.6) is 0 Å². The molecule has 0 spiro atoms. The van der Waals surface area contributed by atoms with Crippen LogP contribution < -0.4 is 0 Å². The molecule has 3 aromatic rings. The minimum absolute atomic E-state index is 0.190. The van der Waals surface area contributed by atoms with E-state index in [0.717, 1.165) is 32.7 Å². The van der Waals surface area contributed by atoms with E-state index in [2.05, 4.69) is 15.9 Å². The monoisotopic (exact) mass is 472 g/mol. The van der Waals surface area contributed by atoms with E-state index >= 15 is 0 Å². The van der Waals surface area contributed by atoms with E-state index in [9.17, 15) is 14.0 Å². The Morgan fingerprint density at radius 1 is 1.17 bits per heavy atom. The third kappa shape index (κ3) is 3.76. The molecule has 0 aliphatic carbocycles. The number of nitrogens with zero attached hydrogens (tertiary/aromatic N) is 2. The number of imide groups is 1. The molecule has 148 valence electrons. The molecular weight excluding hydrogens is 455 g/mol. The highest BCUT2D eigenvalue weighted by Crippen LogP contribution is 2.36. The van der Waals surface area contributed by atoms with Gasteiger partial charge in [-0.2, -0.15) is 0 Å². The molecule has 0 atom stereocenters. The Morgan fingerprint density at radius 2 is 1.93 bits per heavy atom. The lowest BCUT2D eigenvalue weighted by atomic mass is 10.1. The highest BCUT2D eigenvalue weighted by molar-refractivity contribution is 9.10. The molecule has 1 aromatic heterocycles. The third-order valence-corrected chi connectivity index (χ3v) is 6.18. The molecule has 1 aliphatic rings. The zero-order chi connectivity index (χ0) is 20.7. The van der Waals surface area contributed by atoms with Gasteiger partial charge in [-0.15, -0.1) is 0 Å². The molecule has 0 unspecified atom stereocenters. The number of thioether (sulfide) groups is 1. The van der Waals surface area contributed by atoms with Crippen LogP contribution in [0.25, 0.3) is 17.0 Å². The van der Waals surface area contributed by atoms with Crippen LogP contribution in [0.15, 0.2) is 58.0 Å². The average molecular weight is 473 g/mol. The smallest absolute Gasteiger partial charge is 0.293 e. The first kappa shape index (κ1) is 19.9. The molecule has 2 heterocycles. The fourth-order valence-corrected chi connectivity index (χ4v) is 4.73. The van der Waals surface area contributed by atoms with Crippen molar-refractivity contribution in [3.05, 3.63) is 75.0 Å².